The Labute approximate surface area is 100 Å². The van der Waals surface area contributed by atoms with Crippen LogP contribution in [0.1, 0.15) is 63.1 Å². The number of unbranched alkanes of at least 4 members (excludes halogenated alkanes) is 1. The zero-order valence-corrected chi connectivity index (χ0v) is 11.1. The molecule has 1 aromatic carbocycles. The van der Waals surface area contributed by atoms with Crippen molar-refractivity contribution in [2.75, 3.05) is 0 Å². The summed E-state index contributed by atoms with van der Waals surface area (Å²) >= 11 is 0. The first-order valence-electron chi connectivity index (χ1n) is 6.63. The van der Waals surface area contributed by atoms with E-state index in [0.717, 1.165) is 0 Å². The van der Waals surface area contributed by atoms with Gasteiger partial charge in [0.1, 0.15) is 0 Å². The molecule has 0 saturated heterocycles. The number of allylic oxidation sites excluding steroid dienone is 1. The topological polar surface area (TPSA) is 0 Å². The number of benzene rings is 1. The average Bonchev–Trinajstić information content (AvgIpc) is 2.72. The molecule has 0 saturated carbocycles. The zero-order chi connectivity index (χ0) is 12.0. The van der Waals surface area contributed by atoms with Gasteiger partial charge in [0.25, 0.3) is 0 Å². The van der Waals surface area contributed by atoms with Crippen LogP contribution in [0.15, 0.2) is 24.3 Å². The average molecular weight is 216 g/mol. The molecule has 1 aromatic rings. The van der Waals surface area contributed by atoms with E-state index in [4.69, 9.17) is 0 Å². The minimum Gasteiger partial charge on any atom is -0.0767 e. The Bertz CT molecular complexity index is 347. The number of aryl methyl sites for hydroxylation is 1. The molecule has 16 heavy (non-hydrogen) atoms. The lowest BCUT2D eigenvalue weighted by Gasteiger charge is -2.09. The third-order valence-electron chi connectivity index (χ3n) is 3.07. The second kappa shape index (κ2) is 6.52. The number of hydrogen-bond donors (Lipinski definition) is 0. The molecule has 1 aliphatic carbocycles. The van der Waals surface area contributed by atoms with Crippen LogP contribution in [0.25, 0.3) is 6.08 Å². The van der Waals surface area contributed by atoms with Gasteiger partial charge in [0.15, 0.2) is 0 Å². The van der Waals surface area contributed by atoms with Gasteiger partial charge in [-0.1, -0.05) is 64.5 Å². The van der Waals surface area contributed by atoms with Crippen molar-refractivity contribution >= 4 is 6.08 Å². The van der Waals surface area contributed by atoms with Crippen molar-refractivity contribution in [2.24, 2.45) is 0 Å². The van der Waals surface area contributed by atoms with Crippen molar-refractivity contribution in [3.05, 3.63) is 41.0 Å². The summed E-state index contributed by atoms with van der Waals surface area (Å²) in [4.78, 5) is 0. The SMILES string of the molecule is CC.CCCCc1cccc2c1C=CC2C. The predicted octanol–water partition coefficient (Wildman–Crippen LogP) is 5.19. The van der Waals surface area contributed by atoms with Crippen LogP contribution < -0.4 is 0 Å². The molecule has 2 rings (SSSR count). The molecule has 0 fully saturated rings. The molecule has 1 aliphatic rings. The van der Waals surface area contributed by atoms with E-state index in [2.05, 4.69) is 44.2 Å². The Morgan fingerprint density at radius 1 is 1.19 bits per heavy atom. The summed E-state index contributed by atoms with van der Waals surface area (Å²) in [6.07, 6.45) is 8.42. The van der Waals surface area contributed by atoms with Gasteiger partial charge in [0, 0.05) is 0 Å². The lowest BCUT2D eigenvalue weighted by molar-refractivity contribution is 0.792. The summed E-state index contributed by atoms with van der Waals surface area (Å²) in [5.41, 5.74) is 4.54. The highest BCUT2D eigenvalue weighted by Crippen LogP contribution is 2.32. The van der Waals surface area contributed by atoms with Crippen molar-refractivity contribution in [3.63, 3.8) is 0 Å². The van der Waals surface area contributed by atoms with Crippen molar-refractivity contribution in [3.8, 4) is 0 Å². The van der Waals surface area contributed by atoms with Gasteiger partial charge in [-0.3, -0.25) is 0 Å². The standard InChI is InChI=1S/C14H18.C2H6/c1-3-4-6-12-7-5-8-13-11(2)9-10-14(12)13;1-2/h5,7-11H,3-4,6H2,1-2H3;1-2H3. The monoisotopic (exact) mass is 216 g/mol. The molecule has 0 bridgehead atoms. The predicted molar refractivity (Wildman–Crippen MR) is 73.9 cm³/mol. The molecule has 0 aliphatic heterocycles. The highest BCUT2D eigenvalue weighted by atomic mass is 14.2. The van der Waals surface area contributed by atoms with Crippen LogP contribution in [0.2, 0.25) is 0 Å². The maximum Gasteiger partial charge on any atom is -0.000107 e. The fourth-order valence-corrected chi connectivity index (χ4v) is 2.16. The van der Waals surface area contributed by atoms with Gasteiger partial charge in [-0.05, 0) is 35.4 Å². The molecule has 0 heteroatoms. The molecular weight excluding hydrogens is 192 g/mol. The van der Waals surface area contributed by atoms with E-state index in [1.165, 1.54) is 36.0 Å². The Balaban J connectivity index is 0.000000606. The molecular formula is C16H24. The second-order valence-electron chi connectivity index (χ2n) is 4.17. The van der Waals surface area contributed by atoms with E-state index in [1.807, 2.05) is 13.8 Å². The summed E-state index contributed by atoms with van der Waals surface area (Å²) < 4.78 is 0. The molecule has 0 heterocycles. The molecule has 1 unspecified atom stereocenters. The van der Waals surface area contributed by atoms with Crippen LogP contribution in [0.5, 0.6) is 0 Å². The van der Waals surface area contributed by atoms with Gasteiger partial charge >= 0.3 is 0 Å². The first-order chi connectivity index (χ1) is 7.83. The molecule has 0 radical (unpaired) electrons. The number of hydrogen-bond acceptors (Lipinski definition) is 0. The van der Waals surface area contributed by atoms with Gasteiger partial charge in [-0.15, -0.1) is 0 Å². The Hall–Kier alpha value is -1.04. The molecule has 0 aromatic heterocycles. The third kappa shape index (κ3) is 2.75. The first kappa shape index (κ1) is 13.0. The molecule has 88 valence electrons. The van der Waals surface area contributed by atoms with E-state index in [9.17, 15) is 0 Å². The van der Waals surface area contributed by atoms with E-state index >= 15 is 0 Å². The summed E-state index contributed by atoms with van der Waals surface area (Å²) in [5.74, 6) is 0.617. The Kier molecular flexibility index (Phi) is 5.31. The molecule has 0 N–H and O–H groups in total. The largest absolute Gasteiger partial charge is 0.0767 e. The van der Waals surface area contributed by atoms with Crippen LogP contribution >= 0.6 is 0 Å². The lowest BCUT2D eigenvalue weighted by Crippen LogP contribution is -1.93. The van der Waals surface area contributed by atoms with Gasteiger partial charge in [0.2, 0.25) is 0 Å². The van der Waals surface area contributed by atoms with Gasteiger partial charge in [0.05, 0.1) is 0 Å². The van der Waals surface area contributed by atoms with Crippen LogP contribution in [-0.2, 0) is 6.42 Å². The van der Waals surface area contributed by atoms with Crippen LogP contribution in [0, 0.1) is 0 Å². The summed E-state index contributed by atoms with van der Waals surface area (Å²) in [5, 5.41) is 0. The smallest absolute Gasteiger partial charge is 0.000107 e. The van der Waals surface area contributed by atoms with Crippen molar-refractivity contribution in [1.82, 2.24) is 0 Å². The Morgan fingerprint density at radius 2 is 1.94 bits per heavy atom. The van der Waals surface area contributed by atoms with Gasteiger partial charge < -0.3 is 0 Å². The molecule has 0 nitrogen and oxygen atoms in total. The molecule has 0 spiro atoms. The minimum absolute atomic E-state index is 0.617. The van der Waals surface area contributed by atoms with Crippen LogP contribution in [0.4, 0.5) is 0 Å². The van der Waals surface area contributed by atoms with Crippen molar-refractivity contribution in [2.45, 2.75) is 52.9 Å². The molecule has 1 atom stereocenters. The van der Waals surface area contributed by atoms with Crippen LogP contribution in [0.3, 0.4) is 0 Å². The van der Waals surface area contributed by atoms with Gasteiger partial charge in [-0.25, -0.2) is 0 Å². The normalized spacial score (nSPS) is 16.6. The first-order valence-corrected chi connectivity index (χ1v) is 6.63. The summed E-state index contributed by atoms with van der Waals surface area (Å²) in [6.45, 7) is 8.52. The van der Waals surface area contributed by atoms with Gasteiger partial charge in [-0.2, -0.15) is 0 Å². The molecule has 0 amide bonds. The fraction of sp³-hybridized carbons (Fsp3) is 0.500. The quantitative estimate of drug-likeness (QED) is 0.652. The number of fused-ring (bicyclic) bond motifs is 1. The van der Waals surface area contributed by atoms with E-state index in [0.29, 0.717) is 5.92 Å². The maximum absolute atomic E-state index is 2.31. The minimum atomic E-state index is 0.617. The summed E-state index contributed by atoms with van der Waals surface area (Å²) in [6, 6.07) is 6.74. The number of rotatable bonds is 3. The highest BCUT2D eigenvalue weighted by Gasteiger charge is 2.14. The van der Waals surface area contributed by atoms with E-state index < -0.39 is 0 Å². The van der Waals surface area contributed by atoms with Crippen molar-refractivity contribution < 1.29 is 0 Å². The Morgan fingerprint density at radius 3 is 2.62 bits per heavy atom. The third-order valence-corrected chi connectivity index (χ3v) is 3.07. The van der Waals surface area contributed by atoms with E-state index in [1.54, 1.807) is 0 Å². The lowest BCUT2D eigenvalue weighted by atomic mass is 9.96. The maximum atomic E-state index is 2.31. The van der Waals surface area contributed by atoms with Crippen LogP contribution in [-0.4, -0.2) is 0 Å². The fourth-order valence-electron chi connectivity index (χ4n) is 2.16. The highest BCUT2D eigenvalue weighted by molar-refractivity contribution is 5.65. The van der Waals surface area contributed by atoms with E-state index in [-0.39, 0.29) is 0 Å². The second-order valence-corrected chi connectivity index (χ2v) is 4.17. The van der Waals surface area contributed by atoms with Crippen molar-refractivity contribution in [1.29, 1.82) is 0 Å². The summed E-state index contributed by atoms with van der Waals surface area (Å²) in [7, 11) is 0. The zero-order valence-electron chi connectivity index (χ0n) is 11.1.